The van der Waals surface area contributed by atoms with Gasteiger partial charge in [-0.15, -0.1) is 21.5 Å². The predicted molar refractivity (Wildman–Crippen MR) is 220 cm³/mol. The summed E-state index contributed by atoms with van der Waals surface area (Å²) in [6, 6.07) is 9.80. The van der Waals surface area contributed by atoms with E-state index >= 15 is 0 Å². The number of hydrogen-bond donors (Lipinski definition) is 3. The van der Waals surface area contributed by atoms with E-state index in [2.05, 4.69) is 56.3 Å². The van der Waals surface area contributed by atoms with Crippen molar-refractivity contribution in [3.8, 4) is 0 Å². The highest BCUT2D eigenvalue weighted by Gasteiger charge is 2.29. The Labute approximate surface area is 338 Å². The summed E-state index contributed by atoms with van der Waals surface area (Å²) < 4.78 is 33.3. The lowest BCUT2D eigenvalue weighted by molar-refractivity contribution is 0.0951. The van der Waals surface area contributed by atoms with Crippen LogP contribution in [0.2, 0.25) is 5.02 Å². The number of furan rings is 1. The maximum Gasteiger partial charge on any atom is 0.253 e. The third-order valence-electron chi connectivity index (χ3n) is 10.5. The lowest BCUT2D eigenvalue weighted by Crippen LogP contribution is -2.55. The van der Waals surface area contributed by atoms with Crippen LogP contribution in [0, 0.1) is 39.3 Å². The van der Waals surface area contributed by atoms with E-state index in [0.717, 1.165) is 78.6 Å². The second-order valence-corrected chi connectivity index (χ2v) is 15.9. The first-order chi connectivity index (χ1) is 28.0. The maximum atomic E-state index is 13.4. The highest BCUT2D eigenvalue weighted by atomic mass is 35.5. The highest BCUT2D eigenvalue weighted by molar-refractivity contribution is 7.26. The fourth-order valence-corrected chi connectivity index (χ4v) is 8.17. The standard InChI is InChI=1S/C21H19ClN6OS.C19H16F2N6O/c1-10-11(2)27-28-21-16(10)17-18(30-21)19(25-9-24-17)23-8-12-3-6-14(15(22)7-12)20(29)26-13-4-5-13;1-9-10(2)25-26-19-15(9)16-17(28-19)18(23-8-22-16)24-11-6-27(7-11)12-3-4-13(20)14(21)5-12/h3,6-7,9,13H,4-5,8H2,1-2H3,(H,26,29)(H,23,24,25);3-5,8,11H,6-7H2,1-2H3,(H,22,23,24). The molecule has 0 unspecified atom stereocenters. The lowest BCUT2D eigenvalue weighted by Gasteiger charge is -2.41. The summed E-state index contributed by atoms with van der Waals surface area (Å²) in [5, 5.41) is 28.7. The van der Waals surface area contributed by atoms with Gasteiger partial charge in [-0.1, -0.05) is 17.7 Å². The number of aryl methyl sites for hydroxylation is 4. The molecule has 1 amide bonds. The molecule has 18 heteroatoms. The Morgan fingerprint density at radius 2 is 1.57 bits per heavy atom. The van der Waals surface area contributed by atoms with Crippen molar-refractivity contribution in [1.29, 1.82) is 0 Å². The van der Waals surface area contributed by atoms with Gasteiger partial charge in [-0.25, -0.2) is 28.7 Å². The van der Waals surface area contributed by atoms with Crippen LogP contribution in [0.1, 0.15) is 51.3 Å². The molecule has 1 aliphatic heterocycles. The number of fused-ring (bicyclic) bond motifs is 6. The Hall–Kier alpha value is -6.20. The van der Waals surface area contributed by atoms with Crippen molar-refractivity contribution < 1.29 is 18.0 Å². The number of rotatable bonds is 8. The summed E-state index contributed by atoms with van der Waals surface area (Å²) in [7, 11) is 0. The first kappa shape index (κ1) is 37.4. The van der Waals surface area contributed by atoms with Crippen molar-refractivity contribution >= 4 is 88.8 Å². The first-order valence-corrected chi connectivity index (χ1v) is 19.8. The summed E-state index contributed by atoms with van der Waals surface area (Å²) in [5.74, 6) is -0.486. The van der Waals surface area contributed by atoms with Crippen LogP contribution in [-0.2, 0) is 6.54 Å². The largest absolute Gasteiger partial charge is 0.431 e. The van der Waals surface area contributed by atoms with Gasteiger partial charge in [0.2, 0.25) is 5.71 Å². The van der Waals surface area contributed by atoms with E-state index in [1.807, 2.05) is 44.7 Å². The second-order valence-electron chi connectivity index (χ2n) is 14.4. The molecule has 8 aromatic rings. The van der Waals surface area contributed by atoms with E-state index in [9.17, 15) is 13.6 Å². The molecule has 14 nitrogen and oxygen atoms in total. The minimum atomic E-state index is -0.847. The van der Waals surface area contributed by atoms with E-state index in [-0.39, 0.29) is 11.9 Å². The average molecular weight is 821 g/mol. The maximum absolute atomic E-state index is 13.4. The molecule has 1 aliphatic carbocycles. The normalized spacial score (nSPS) is 14.2. The number of aromatic nitrogens is 8. The topological polar surface area (TPSA) is 173 Å². The van der Waals surface area contributed by atoms with Crippen molar-refractivity contribution in [2.24, 2.45) is 0 Å². The SMILES string of the molecule is Cc1nnc2oc3c(NC4CN(c5ccc(F)c(F)c5)C4)ncnc3c2c1C.Cc1nnc2sc3c(NCc4ccc(C(=O)NC5CC5)c(Cl)c4)ncnc3c2c1C. The molecule has 6 aromatic heterocycles. The predicted octanol–water partition coefficient (Wildman–Crippen LogP) is 7.77. The second kappa shape index (κ2) is 14.9. The van der Waals surface area contributed by atoms with Crippen molar-refractivity contribution in [3.63, 3.8) is 0 Å². The number of carbonyl (C=O) groups excluding carboxylic acids is 1. The van der Waals surface area contributed by atoms with Gasteiger partial charge in [-0.05, 0) is 81.5 Å². The lowest BCUT2D eigenvalue weighted by atomic mass is 10.1. The van der Waals surface area contributed by atoms with Gasteiger partial charge in [-0.2, -0.15) is 10.2 Å². The summed E-state index contributed by atoms with van der Waals surface area (Å²) in [6.45, 7) is 9.63. The van der Waals surface area contributed by atoms with Gasteiger partial charge >= 0.3 is 0 Å². The van der Waals surface area contributed by atoms with Crippen LogP contribution < -0.4 is 20.9 Å². The molecule has 0 radical (unpaired) electrons. The Morgan fingerprint density at radius 1 is 0.845 bits per heavy atom. The van der Waals surface area contributed by atoms with Gasteiger partial charge in [0.05, 0.1) is 43.6 Å². The minimum Gasteiger partial charge on any atom is -0.431 e. The molecule has 10 rings (SSSR count). The molecule has 2 aliphatic rings. The molecular formula is C40H35ClF2N12O2S. The van der Waals surface area contributed by atoms with Crippen molar-refractivity contribution in [2.75, 3.05) is 28.6 Å². The summed E-state index contributed by atoms with van der Waals surface area (Å²) in [6.07, 6.45) is 5.13. The Balaban J connectivity index is 0.000000151. The Morgan fingerprint density at radius 3 is 2.31 bits per heavy atom. The third kappa shape index (κ3) is 7.04. The van der Waals surface area contributed by atoms with Gasteiger partial charge in [0.15, 0.2) is 23.0 Å². The molecule has 0 spiro atoms. The number of hydrogen-bond acceptors (Lipinski definition) is 14. The number of amides is 1. The fraction of sp³-hybridized carbons (Fsp3) is 0.275. The van der Waals surface area contributed by atoms with E-state index in [1.165, 1.54) is 23.7 Å². The van der Waals surface area contributed by atoms with Gasteiger partial charge in [0, 0.05) is 42.8 Å². The summed E-state index contributed by atoms with van der Waals surface area (Å²) >= 11 is 7.89. The average Bonchev–Trinajstić information content (AvgIpc) is 3.79. The van der Waals surface area contributed by atoms with E-state index < -0.39 is 11.6 Å². The van der Waals surface area contributed by atoms with Gasteiger partial charge in [0.1, 0.15) is 28.8 Å². The molecule has 1 saturated heterocycles. The van der Waals surface area contributed by atoms with Crippen LogP contribution in [0.3, 0.4) is 0 Å². The third-order valence-corrected chi connectivity index (χ3v) is 11.8. The van der Waals surface area contributed by atoms with Gasteiger partial charge < -0.3 is 25.3 Å². The zero-order valence-corrected chi connectivity index (χ0v) is 33.3. The minimum absolute atomic E-state index is 0.0911. The Kier molecular flexibility index (Phi) is 9.64. The zero-order chi connectivity index (χ0) is 40.2. The van der Waals surface area contributed by atoms with E-state index in [4.69, 9.17) is 16.0 Å². The number of thiophene rings is 1. The molecular weight excluding hydrogens is 786 g/mol. The molecule has 294 valence electrons. The van der Waals surface area contributed by atoms with Crippen LogP contribution in [0.5, 0.6) is 0 Å². The molecule has 0 atom stereocenters. The summed E-state index contributed by atoms with van der Waals surface area (Å²) in [4.78, 5) is 32.6. The van der Waals surface area contributed by atoms with Gasteiger partial charge in [-0.3, -0.25) is 4.79 Å². The van der Waals surface area contributed by atoms with Crippen LogP contribution in [0.15, 0.2) is 53.5 Å². The molecule has 2 aromatic carbocycles. The van der Waals surface area contributed by atoms with Crippen LogP contribution >= 0.6 is 22.9 Å². The summed E-state index contributed by atoms with van der Waals surface area (Å²) in [5.41, 5.74) is 8.44. The smallest absolute Gasteiger partial charge is 0.253 e. The number of nitrogens with zero attached hydrogens (tertiary/aromatic N) is 9. The number of nitrogens with one attached hydrogen (secondary N) is 3. The van der Waals surface area contributed by atoms with E-state index in [0.29, 0.717) is 64.6 Å². The quantitative estimate of drug-likeness (QED) is 0.136. The van der Waals surface area contributed by atoms with Crippen molar-refractivity contribution in [2.45, 2.75) is 59.2 Å². The molecule has 7 heterocycles. The van der Waals surface area contributed by atoms with Crippen LogP contribution in [0.4, 0.5) is 26.1 Å². The van der Waals surface area contributed by atoms with Crippen molar-refractivity contribution in [3.05, 3.63) is 99.4 Å². The van der Waals surface area contributed by atoms with Crippen LogP contribution in [-0.4, -0.2) is 71.4 Å². The highest BCUT2D eigenvalue weighted by Crippen LogP contribution is 2.37. The molecule has 2 fully saturated rings. The molecule has 58 heavy (non-hydrogen) atoms. The Bertz CT molecular complexity index is 2910. The van der Waals surface area contributed by atoms with Gasteiger partial charge in [0.25, 0.3) is 5.91 Å². The monoisotopic (exact) mass is 820 g/mol. The number of benzene rings is 2. The number of carbonyl (C=O) groups is 1. The van der Waals surface area contributed by atoms with E-state index in [1.54, 1.807) is 18.5 Å². The van der Waals surface area contributed by atoms with Crippen LogP contribution in [0.25, 0.3) is 42.6 Å². The molecule has 3 N–H and O–H groups in total. The number of anilines is 3. The first-order valence-electron chi connectivity index (χ1n) is 18.6. The molecule has 0 bridgehead atoms. The fourth-order valence-electron chi connectivity index (χ4n) is 6.78. The van der Waals surface area contributed by atoms with Crippen molar-refractivity contribution in [1.82, 2.24) is 45.6 Å². The number of halogens is 3. The molecule has 1 saturated carbocycles. The zero-order valence-electron chi connectivity index (χ0n) is 31.7.